The molecule has 0 saturated carbocycles. The fourth-order valence-electron chi connectivity index (χ4n) is 2.58. The fourth-order valence-corrected chi connectivity index (χ4v) is 3.50. The van der Waals surface area contributed by atoms with Crippen LogP contribution >= 0.6 is 11.8 Å². The number of hydrogen-bond acceptors (Lipinski definition) is 5. The van der Waals surface area contributed by atoms with Crippen molar-refractivity contribution in [2.45, 2.75) is 17.6 Å². The van der Waals surface area contributed by atoms with Gasteiger partial charge in [-0.25, -0.2) is 0 Å². The number of terminal acetylenes is 1. The average molecular weight is 391 g/mol. The summed E-state index contributed by atoms with van der Waals surface area (Å²) in [5.41, 5.74) is 3.31. The molecule has 3 rings (SSSR count). The predicted molar refractivity (Wildman–Crippen MR) is 112 cm³/mol. The smallest absolute Gasteiger partial charge is 0.252 e. The van der Waals surface area contributed by atoms with Crippen LogP contribution < -0.4 is 10.6 Å². The van der Waals surface area contributed by atoms with Gasteiger partial charge >= 0.3 is 0 Å². The summed E-state index contributed by atoms with van der Waals surface area (Å²) in [6.45, 7) is 3.01. The SMILES string of the molecule is C#Cc1ccc(NCCNC(=O)c2ccccc2SCc2cc(C)no2)cc1. The second-order valence-corrected chi connectivity index (χ2v) is 7.14. The molecule has 142 valence electrons. The molecule has 2 aromatic carbocycles. The Labute approximate surface area is 168 Å². The van der Waals surface area contributed by atoms with E-state index in [2.05, 4.69) is 21.7 Å². The van der Waals surface area contributed by atoms with Crippen LogP contribution in [0.2, 0.25) is 0 Å². The van der Waals surface area contributed by atoms with Crippen LogP contribution in [0.3, 0.4) is 0 Å². The molecular formula is C22H21N3O2S. The molecule has 3 aromatic rings. The molecule has 0 radical (unpaired) electrons. The number of benzene rings is 2. The Kier molecular flexibility index (Phi) is 6.77. The summed E-state index contributed by atoms with van der Waals surface area (Å²) >= 11 is 1.55. The summed E-state index contributed by atoms with van der Waals surface area (Å²) in [5, 5.41) is 10.1. The molecule has 1 heterocycles. The lowest BCUT2D eigenvalue weighted by Gasteiger charge is -2.10. The largest absolute Gasteiger partial charge is 0.383 e. The monoisotopic (exact) mass is 391 g/mol. The van der Waals surface area contributed by atoms with Crippen molar-refractivity contribution in [3.05, 3.63) is 77.2 Å². The molecule has 0 fully saturated rings. The highest BCUT2D eigenvalue weighted by molar-refractivity contribution is 7.98. The van der Waals surface area contributed by atoms with Crippen LogP contribution in [0.15, 0.2) is 64.0 Å². The summed E-state index contributed by atoms with van der Waals surface area (Å²) in [7, 11) is 0. The molecule has 1 amide bonds. The van der Waals surface area contributed by atoms with Crippen LogP contribution in [0.4, 0.5) is 5.69 Å². The van der Waals surface area contributed by atoms with Gasteiger partial charge in [0.05, 0.1) is 17.0 Å². The van der Waals surface area contributed by atoms with Crippen molar-refractivity contribution < 1.29 is 9.32 Å². The van der Waals surface area contributed by atoms with Crippen LogP contribution in [-0.4, -0.2) is 24.2 Å². The van der Waals surface area contributed by atoms with E-state index >= 15 is 0 Å². The Morgan fingerprint density at radius 3 is 2.68 bits per heavy atom. The Morgan fingerprint density at radius 2 is 1.96 bits per heavy atom. The summed E-state index contributed by atoms with van der Waals surface area (Å²) in [6.07, 6.45) is 5.35. The van der Waals surface area contributed by atoms with E-state index in [1.165, 1.54) is 0 Å². The standard InChI is InChI=1S/C22H21N3O2S/c1-3-17-8-10-18(11-9-17)23-12-13-24-22(26)20-6-4-5-7-21(20)28-15-19-14-16(2)25-27-19/h1,4-11,14,23H,12-13,15H2,2H3,(H,24,26). The van der Waals surface area contributed by atoms with Gasteiger partial charge in [0.15, 0.2) is 0 Å². The van der Waals surface area contributed by atoms with Gasteiger partial charge in [-0.05, 0) is 43.3 Å². The van der Waals surface area contributed by atoms with Crippen molar-refractivity contribution in [2.24, 2.45) is 0 Å². The zero-order chi connectivity index (χ0) is 19.8. The first-order valence-electron chi connectivity index (χ1n) is 8.88. The molecule has 28 heavy (non-hydrogen) atoms. The first kappa shape index (κ1) is 19.6. The van der Waals surface area contributed by atoms with E-state index in [-0.39, 0.29) is 5.91 Å². The maximum Gasteiger partial charge on any atom is 0.252 e. The van der Waals surface area contributed by atoms with Gasteiger partial charge in [0.1, 0.15) is 5.76 Å². The van der Waals surface area contributed by atoms with Crippen LogP contribution in [-0.2, 0) is 5.75 Å². The van der Waals surface area contributed by atoms with E-state index in [0.29, 0.717) is 24.4 Å². The molecule has 5 nitrogen and oxygen atoms in total. The number of amides is 1. The van der Waals surface area contributed by atoms with Crippen LogP contribution in [0.5, 0.6) is 0 Å². The van der Waals surface area contributed by atoms with Gasteiger partial charge in [0, 0.05) is 35.3 Å². The van der Waals surface area contributed by atoms with E-state index in [0.717, 1.165) is 27.6 Å². The van der Waals surface area contributed by atoms with Crippen LogP contribution in [0, 0.1) is 19.3 Å². The number of hydrogen-bond donors (Lipinski definition) is 2. The Morgan fingerprint density at radius 1 is 1.18 bits per heavy atom. The third kappa shape index (κ3) is 5.41. The Bertz CT molecular complexity index is 974. The molecular weight excluding hydrogens is 370 g/mol. The van der Waals surface area contributed by atoms with Gasteiger partial charge in [-0.3, -0.25) is 4.79 Å². The topological polar surface area (TPSA) is 67.2 Å². The number of nitrogens with zero attached hydrogens (tertiary/aromatic N) is 1. The molecule has 0 aliphatic rings. The number of thioether (sulfide) groups is 1. The number of aromatic nitrogens is 1. The number of nitrogens with one attached hydrogen (secondary N) is 2. The first-order chi connectivity index (χ1) is 13.7. The summed E-state index contributed by atoms with van der Waals surface area (Å²) in [6, 6.07) is 17.1. The van der Waals surface area contributed by atoms with E-state index < -0.39 is 0 Å². The summed E-state index contributed by atoms with van der Waals surface area (Å²) in [5.74, 6) is 3.90. The van der Waals surface area contributed by atoms with Crippen molar-refractivity contribution in [3.8, 4) is 12.3 Å². The molecule has 6 heteroatoms. The minimum atomic E-state index is -0.0960. The minimum absolute atomic E-state index is 0.0960. The summed E-state index contributed by atoms with van der Waals surface area (Å²) < 4.78 is 5.23. The third-order valence-electron chi connectivity index (χ3n) is 3.97. The van der Waals surface area contributed by atoms with Crippen molar-refractivity contribution in [3.63, 3.8) is 0 Å². The molecule has 0 aliphatic carbocycles. The lowest BCUT2D eigenvalue weighted by Crippen LogP contribution is -2.29. The van der Waals surface area contributed by atoms with Gasteiger partial charge in [-0.15, -0.1) is 18.2 Å². The number of carbonyl (C=O) groups excluding carboxylic acids is 1. The summed E-state index contributed by atoms with van der Waals surface area (Å²) in [4.78, 5) is 13.5. The fraction of sp³-hybridized carbons (Fsp3) is 0.182. The minimum Gasteiger partial charge on any atom is -0.383 e. The number of carbonyl (C=O) groups is 1. The van der Waals surface area contributed by atoms with Crippen molar-refractivity contribution in [2.75, 3.05) is 18.4 Å². The maximum absolute atomic E-state index is 12.6. The quantitative estimate of drug-likeness (QED) is 0.344. The predicted octanol–water partition coefficient (Wildman–Crippen LogP) is 4.10. The van der Waals surface area contributed by atoms with E-state index in [1.807, 2.05) is 61.5 Å². The number of aryl methyl sites for hydroxylation is 1. The van der Waals surface area contributed by atoms with Gasteiger partial charge in [0.25, 0.3) is 5.91 Å². The van der Waals surface area contributed by atoms with E-state index in [1.54, 1.807) is 11.8 Å². The number of anilines is 1. The lowest BCUT2D eigenvalue weighted by atomic mass is 10.2. The highest BCUT2D eigenvalue weighted by Crippen LogP contribution is 2.26. The van der Waals surface area contributed by atoms with Gasteiger partial charge in [-0.1, -0.05) is 23.2 Å². The molecule has 0 aliphatic heterocycles. The van der Waals surface area contributed by atoms with Crippen LogP contribution in [0.25, 0.3) is 0 Å². The molecule has 0 spiro atoms. The zero-order valence-electron chi connectivity index (χ0n) is 15.6. The lowest BCUT2D eigenvalue weighted by molar-refractivity contribution is 0.0952. The van der Waals surface area contributed by atoms with E-state index in [9.17, 15) is 4.79 Å². The maximum atomic E-state index is 12.6. The Hall–Kier alpha value is -3.17. The van der Waals surface area contributed by atoms with Crippen molar-refractivity contribution in [1.29, 1.82) is 0 Å². The molecule has 0 bridgehead atoms. The van der Waals surface area contributed by atoms with Gasteiger partial charge in [-0.2, -0.15) is 0 Å². The average Bonchev–Trinajstić information content (AvgIpc) is 3.15. The Balaban J connectivity index is 1.50. The van der Waals surface area contributed by atoms with Crippen molar-refractivity contribution in [1.82, 2.24) is 10.5 Å². The third-order valence-corrected chi connectivity index (χ3v) is 5.07. The van der Waals surface area contributed by atoms with Crippen molar-refractivity contribution >= 4 is 23.4 Å². The normalized spacial score (nSPS) is 10.3. The van der Waals surface area contributed by atoms with E-state index in [4.69, 9.17) is 10.9 Å². The molecule has 1 aromatic heterocycles. The molecule has 2 N–H and O–H groups in total. The van der Waals surface area contributed by atoms with Gasteiger partial charge < -0.3 is 15.2 Å². The second kappa shape index (κ2) is 9.67. The highest BCUT2D eigenvalue weighted by atomic mass is 32.2. The second-order valence-electron chi connectivity index (χ2n) is 6.12. The number of rotatable bonds is 8. The highest BCUT2D eigenvalue weighted by Gasteiger charge is 2.12. The molecule has 0 saturated heterocycles. The zero-order valence-corrected chi connectivity index (χ0v) is 16.4. The molecule has 0 unspecified atom stereocenters. The van der Waals surface area contributed by atoms with Crippen LogP contribution in [0.1, 0.15) is 27.4 Å². The molecule has 0 atom stereocenters. The van der Waals surface area contributed by atoms with Gasteiger partial charge in [0.2, 0.25) is 0 Å². The first-order valence-corrected chi connectivity index (χ1v) is 9.87.